The number of aromatic nitrogens is 3. The quantitative estimate of drug-likeness (QED) is 0.712. The highest BCUT2D eigenvalue weighted by Crippen LogP contribution is 2.39. The molecule has 0 spiro atoms. The second-order valence-corrected chi connectivity index (χ2v) is 12.2. The van der Waals surface area contributed by atoms with Crippen LogP contribution in [-0.4, -0.2) is 49.2 Å². The number of nitrogens with zero attached hydrogens (tertiary/aromatic N) is 4. The maximum absolute atomic E-state index is 6.20. The maximum Gasteiger partial charge on any atom is 0.231 e. The molecule has 3 rings (SSSR count). The molecule has 0 atom stereocenters. The third-order valence-corrected chi connectivity index (χ3v) is 6.26. The summed E-state index contributed by atoms with van der Waals surface area (Å²) in [5.41, 5.74) is 0.0129. The van der Waals surface area contributed by atoms with Crippen molar-refractivity contribution in [3.8, 4) is 0 Å². The number of nitrogens with one attached hydrogen (secondary N) is 2. The van der Waals surface area contributed by atoms with E-state index in [1.807, 2.05) is 0 Å². The van der Waals surface area contributed by atoms with Crippen LogP contribution in [0.5, 0.6) is 0 Å². The molecular formula is C21H36Cl2N6. The van der Waals surface area contributed by atoms with Gasteiger partial charge in [0.15, 0.2) is 0 Å². The van der Waals surface area contributed by atoms with E-state index in [1.165, 1.54) is 0 Å². The minimum Gasteiger partial charge on any atom is -0.334 e. The first-order chi connectivity index (χ1) is 13.1. The molecule has 1 aromatic heterocycles. The summed E-state index contributed by atoms with van der Waals surface area (Å²) in [4.78, 5) is 15.4. The highest BCUT2D eigenvalue weighted by molar-refractivity contribution is 6.31. The average Bonchev–Trinajstić information content (AvgIpc) is 2.38. The summed E-state index contributed by atoms with van der Waals surface area (Å²) in [5.74, 6) is 0.590. The van der Waals surface area contributed by atoms with Crippen molar-refractivity contribution >= 4 is 29.2 Å². The molecule has 0 aromatic carbocycles. The molecule has 2 aliphatic rings. The predicted octanol–water partition coefficient (Wildman–Crippen LogP) is 4.60. The average molecular weight is 443 g/mol. The van der Waals surface area contributed by atoms with Crippen molar-refractivity contribution in [2.75, 3.05) is 4.90 Å². The fourth-order valence-electron chi connectivity index (χ4n) is 5.99. The minimum atomic E-state index is 0.00321. The zero-order valence-corrected chi connectivity index (χ0v) is 20.5. The van der Waals surface area contributed by atoms with Gasteiger partial charge in [-0.2, -0.15) is 15.0 Å². The smallest absolute Gasteiger partial charge is 0.231 e. The first-order valence-corrected chi connectivity index (χ1v) is 11.3. The Morgan fingerprint density at radius 1 is 0.655 bits per heavy atom. The Morgan fingerprint density at radius 2 is 0.966 bits per heavy atom. The molecule has 2 N–H and O–H groups in total. The van der Waals surface area contributed by atoms with E-state index in [-0.39, 0.29) is 44.8 Å². The van der Waals surface area contributed by atoms with Crippen molar-refractivity contribution in [2.24, 2.45) is 0 Å². The van der Waals surface area contributed by atoms with Crippen molar-refractivity contribution < 1.29 is 0 Å². The van der Waals surface area contributed by atoms with Gasteiger partial charge in [0, 0.05) is 34.2 Å². The van der Waals surface area contributed by atoms with Crippen LogP contribution >= 0.6 is 23.2 Å². The van der Waals surface area contributed by atoms with E-state index in [2.05, 4.69) is 85.9 Å². The largest absolute Gasteiger partial charge is 0.334 e. The third kappa shape index (κ3) is 5.72. The van der Waals surface area contributed by atoms with Gasteiger partial charge in [-0.3, -0.25) is 0 Å². The number of hydrogen-bond acceptors (Lipinski definition) is 6. The Labute approximate surface area is 185 Å². The topological polar surface area (TPSA) is 66.0 Å². The monoisotopic (exact) mass is 442 g/mol. The molecule has 0 unspecified atom stereocenters. The molecule has 6 nitrogen and oxygen atoms in total. The molecule has 2 saturated heterocycles. The van der Waals surface area contributed by atoms with Crippen LogP contribution in [0.25, 0.3) is 0 Å². The molecule has 0 saturated carbocycles. The number of halogens is 2. The summed E-state index contributed by atoms with van der Waals surface area (Å²) < 4.78 is 0. The Morgan fingerprint density at radius 3 is 1.28 bits per heavy atom. The van der Waals surface area contributed by atoms with Gasteiger partial charge in [-0.1, -0.05) is 0 Å². The summed E-state index contributed by atoms with van der Waals surface area (Å²) in [6.07, 6.45) is 3.95. The minimum absolute atomic E-state index is 0.00321. The van der Waals surface area contributed by atoms with Crippen molar-refractivity contribution in [1.29, 1.82) is 0 Å². The number of rotatable bonds is 3. The fourth-order valence-corrected chi connectivity index (χ4v) is 6.34. The van der Waals surface area contributed by atoms with Crippen LogP contribution in [0, 0.1) is 0 Å². The number of piperidine rings is 2. The normalized spacial score (nSPS) is 26.3. The Hall–Kier alpha value is -0.690. The summed E-state index contributed by atoms with van der Waals surface area (Å²) in [7, 11) is 0. The highest BCUT2D eigenvalue weighted by Gasteiger charge is 2.46. The maximum atomic E-state index is 6.20. The first kappa shape index (κ1) is 23.0. The molecule has 3 heterocycles. The SMILES string of the molecule is CC1(C)CC(N(c2nc(Cl)nc(Cl)n2)C2CC(C)(C)NC(C)(C)C2)CC(C)(C)N1. The first-order valence-electron chi connectivity index (χ1n) is 10.5. The van der Waals surface area contributed by atoms with E-state index >= 15 is 0 Å². The van der Waals surface area contributed by atoms with E-state index < -0.39 is 0 Å². The summed E-state index contributed by atoms with van der Waals surface area (Å²) in [6.45, 7) is 18.1. The predicted molar refractivity (Wildman–Crippen MR) is 121 cm³/mol. The van der Waals surface area contributed by atoms with E-state index in [1.54, 1.807) is 0 Å². The summed E-state index contributed by atoms with van der Waals surface area (Å²) >= 11 is 12.4. The van der Waals surface area contributed by atoms with Crippen molar-refractivity contribution in [2.45, 2.75) is 115 Å². The number of hydrogen-bond donors (Lipinski definition) is 2. The van der Waals surface area contributed by atoms with Crippen LogP contribution in [0.4, 0.5) is 5.95 Å². The van der Waals surface area contributed by atoms with Gasteiger partial charge in [0.25, 0.3) is 0 Å². The molecule has 0 bridgehead atoms. The zero-order valence-electron chi connectivity index (χ0n) is 19.0. The van der Waals surface area contributed by atoms with Crippen molar-refractivity contribution in [3.05, 3.63) is 10.6 Å². The van der Waals surface area contributed by atoms with Crippen LogP contribution in [0.3, 0.4) is 0 Å². The lowest BCUT2D eigenvalue weighted by Crippen LogP contribution is -2.67. The van der Waals surface area contributed by atoms with Crippen LogP contribution in [0.15, 0.2) is 0 Å². The molecule has 29 heavy (non-hydrogen) atoms. The van der Waals surface area contributed by atoms with Gasteiger partial charge in [-0.25, -0.2) is 0 Å². The molecule has 0 amide bonds. The van der Waals surface area contributed by atoms with Gasteiger partial charge in [-0.05, 0) is 104 Å². The molecule has 8 heteroatoms. The van der Waals surface area contributed by atoms with Gasteiger partial charge < -0.3 is 15.5 Å². The standard InChI is InChI=1S/C21H36Cl2N6/c1-18(2)9-13(10-19(3,4)27-18)29(17-25-15(22)24-16(23)26-17)14-11-20(5,6)28-21(7,8)12-14/h13-14,27-28H,9-12H2,1-8H3. The molecular weight excluding hydrogens is 407 g/mol. The van der Waals surface area contributed by atoms with E-state index in [0.717, 1.165) is 25.7 Å². The van der Waals surface area contributed by atoms with Gasteiger partial charge in [0.1, 0.15) is 0 Å². The van der Waals surface area contributed by atoms with Crippen molar-refractivity contribution in [3.63, 3.8) is 0 Å². The fraction of sp³-hybridized carbons (Fsp3) is 0.857. The van der Waals surface area contributed by atoms with E-state index in [4.69, 9.17) is 23.2 Å². The lowest BCUT2D eigenvalue weighted by atomic mass is 9.75. The molecule has 0 radical (unpaired) electrons. The lowest BCUT2D eigenvalue weighted by molar-refractivity contribution is 0.123. The molecule has 2 fully saturated rings. The van der Waals surface area contributed by atoms with E-state index in [0.29, 0.717) is 5.95 Å². The van der Waals surface area contributed by atoms with Crippen LogP contribution < -0.4 is 15.5 Å². The molecule has 1 aromatic rings. The zero-order chi connectivity index (χ0) is 21.8. The molecule has 2 aliphatic heterocycles. The van der Waals surface area contributed by atoms with Gasteiger partial charge in [0.2, 0.25) is 16.5 Å². The summed E-state index contributed by atoms with van der Waals surface area (Å²) in [5, 5.41) is 7.85. The second-order valence-electron chi connectivity index (χ2n) is 11.5. The second kappa shape index (κ2) is 7.47. The third-order valence-electron chi connectivity index (χ3n) is 5.92. The highest BCUT2D eigenvalue weighted by atomic mass is 35.5. The van der Waals surface area contributed by atoms with Crippen molar-refractivity contribution in [1.82, 2.24) is 25.6 Å². The van der Waals surface area contributed by atoms with Crippen LogP contribution in [0.1, 0.15) is 81.1 Å². The van der Waals surface area contributed by atoms with E-state index in [9.17, 15) is 0 Å². The van der Waals surface area contributed by atoms with Gasteiger partial charge in [-0.15, -0.1) is 0 Å². The summed E-state index contributed by atoms with van der Waals surface area (Å²) in [6, 6.07) is 0.538. The lowest BCUT2D eigenvalue weighted by Gasteiger charge is -2.55. The van der Waals surface area contributed by atoms with Crippen LogP contribution in [0.2, 0.25) is 10.6 Å². The Kier molecular flexibility index (Phi) is 5.92. The Bertz CT molecular complexity index is 671. The molecule has 0 aliphatic carbocycles. The van der Waals surface area contributed by atoms with Gasteiger partial charge >= 0.3 is 0 Å². The Balaban J connectivity index is 2.07. The number of anilines is 1. The van der Waals surface area contributed by atoms with Gasteiger partial charge in [0.05, 0.1) is 0 Å². The molecule has 164 valence electrons. The van der Waals surface area contributed by atoms with Crippen LogP contribution in [-0.2, 0) is 0 Å².